The maximum absolute atomic E-state index is 11.6. The summed E-state index contributed by atoms with van der Waals surface area (Å²) >= 11 is 0. The van der Waals surface area contributed by atoms with Crippen molar-refractivity contribution in [2.45, 2.75) is 25.7 Å². The highest BCUT2D eigenvalue weighted by Crippen LogP contribution is 2.27. The topological polar surface area (TPSA) is 49.4 Å². The van der Waals surface area contributed by atoms with E-state index in [1.165, 1.54) is 12.8 Å². The van der Waals surface area contributed by atoms with Crippen LogP contribution in [0.5, 0.6) is 0 Å². The van der Waals surface area contributed by atoms with Crippen LogP contribution in [0.4, 0.5) is 0 Å². The van der Waals surface area contributed by atoms with Crippen molar-refractivity contribution in [3.63, 3.8) is 0 Å². The van der Waals surface area contributed by atoms with Gasteiger partial charge in [0.25, 0.3) is 0 Å². The van der Waals surface area contributed by atoms with Crippen LogP contribution in [0.15, 0.2) is 0 Å². The Balaban J connectivity index is 1.61. The number of hydrogen-bond acceptors (Lipinski definition) is 3. The van der Waals surface area contributed by atoms with Crippen LogP contribution < -0.4 is 5.32 Å². The molecule has 2 aliphatic rings. The van der Waals surface area contributed by atoms with E-state index in [0.29, 0.717) is 6.54 Å². The van der Waals surface area contributed by atoms with Crippen LogP contribution in [0.3, 0.4) is 0 Å². The van der Waals surface area contributed by atoms with Gasteiger partial charge in [0, 0.05) is 12.5 Å². The Kier molecular flexibility index (Phi) is 3.93. The number of amides is 1. The van der Waals surface area contributed by atoms with Crippen LogP contribution in [0.25, 0.3) is 0 Å². The molecule has 1 heterocycles. The van der Waals surface area contributed by atoms with Crippen LogP contribution >= 0.6 is 0 Å². The van der Waals surface area contributed by atoms with Crippen molar-refractivity contribution >= 4 is 12.2 Å². The van der Waals surface area contributed by atoms with E-state index in [4.69, 9.17) is 0 Å². The van der Waals surface area contributed by atoms with Crippen molar-refractivity contribution in [1.82, 2.24) is 10.2 Å². The first kappa shape index (κ1) is 11.6. The predicted octanol–water partition coefficient (Wildman–Crippen LogP) is 0.423. The molecule has 0 spiro atoms. The maximum atomic E-state index is 11.6. The third-order valence-corrected chi connectivity index (χ3v) is 3.48. The molecule has 90 valence electrons. The Labute approximate surface area is 96.4 Å². The number of carbonyl (C=O) groups is 2. The van der Waals surface area contributed by atoms with Crippen LogP contribution in [0.2, 0.25) is 0 Å². The quantitative estimate of drug-likeness (QED) is 0.689. The third-order valence-electron chi connectivity index (χ3n) is 3.48. The van der Waals surface area contributed by atoms with Crippen molar-refractivity contribution in [2.24, 2.45) is 11.8 Å². The van der Waals surface area contributed by atoms with Gasteiger partial charge in [0.1, 0.15) is 6.29 Å². The standard InChI is InChI=1S/C12H20N2O2/c15-9-11-3-5-14(6-4-11)8-12(16)13-7-10-1-2-10/h9-11H,1-8H2,(H,13,16). The molecule has 1 saturated heterocycles. The van der Waals surface area contributed by atoms with Crippen LogP contribution in [-0.4, -0.2) is 43.3 Å². The number of nitrogens with one attached hydrogen (secondary N) is 1. The summed E-state index contributed by atoms with van der Waals surface area (Å²) in [5.74, 6) is 1.09. The summed E-state index contributed by atoms with van der Waals surface area (Å²) in [4.78, 5) is 24.3. The number of aldehydes is 1. The smallest absolute Gasteiger partial charge is 0.234 e. The van der Waals surface area contributed by atoms with Gasteiger partial charge in [0.05, 0.1) is 6.54 Å². The van der Waals surface area contributed by atoms with Gasteiger partial charge in [-0.2, -0.15) is 0 Å². The van der Waals surface area contributed by atoms with Crippen LogP contribution in [-0.2, 0) is 9.59 Å². The monoisotopic (exact) mass is 224 g/mol. The highest BCUT2D eigenvalue weighted by Gasteiger charge is 2.23. The van der Waals surface area contributed by atoms with Crippen molar-refractivity contribution in [3.05, 3.63) is 0 Å². The molecule has 1 saturated carbocycles. The van der Waals surface area contributed by atoms with Crippen LogP contribution in [0, 0.1) is 11.8 Å². The normalized spacial score (nSPS) is 23.0. The van der Waals surface area contributed by atoms with Crippen molar-refractivity contribution in [3.8, 4) is 0 Å². The number of piperidine rings is 1. The molecule has 0 aromatic rings. The van der Waals surface area contributed by atoms with Gasteiger partial charge in [-0.3, -0.25) is 9.69 Å². The molecule has 2 fully saturated rings. The molecule has 1 aliphatic carbocycles. The second-order valence-electron chi connectivity index (χ2n) is 5.00. The summed E-state index contributed by atoms with van der Waals surface area (Å²) in [6.45, 7) is 3.10. The highest BCUT2D eigenvalue weighted by molar-refractivity contribution is 5.78. The zero-order valence-corrected chi connectivity index (χ0v) is 9.65. The molecule has 4 nitrogen and oxygen atoms in total. The molecule has 2 rings (SSSR count). The van der Waals surface area contributed by atoms with Crippen molar-refractivity contribution in [2.75, 3.05) is 26.2 Å². The van der Waals surface area contributed by atoms with E-state index in [-0.39, 0.29) is 11.8 Å². The third kappa shape index (κ3) is 3.59. The van der Waals surface area contributed by atoms with Gasteiger partial charge in [-0.15, -0.1) is 0 Å². The fourth-order valence-electron chi connectivity index (χ4n) is 2.09. The van der Waals surface area contributed by atoms with Crippen molar-refractivity contribution in [1.29, 1.82) is 0 Å². The van der Waals surface area contributed by atoms with E-state index in [2.05, 4.69) is 10.2 Å². The molecule has 1 amide bonds. The highest BCUT2D eigenvalue weighted by atomic mass is 16.2. The Morgan fingerprint density at radius 3 is 2.50 bits per heavy atom. The number of nitrogens with zero attached hydrogens (tertiary/aromatic N) is 1. The Bertz CT molecular complexity index is 256. The second kappa shape index (κ2) is 5.43. The summed E-state index contributed by atoms with van der Waals surface area (Å²) < 4.78 is 0. The summed E-state index contributed by atoms with van der Waals surface area (Å²) in [5, 5.41) is 2.97. The van der Waals surface area contributed by atoms with E-state index in [1.54, 1.807) is 0 Å². The Hall–Kier alpha value is -0.900. The lowest BCUT2D eigenvalue weighted by Gasteiger charge is -2.28. The van der Waals surface area contributed by atoms with Gasteiger partial charge in [0.15, 0.2) is 0 Å². The fourth-order valence-corrected chi connectivity index (χ4v) is 2.09. The van der Waals surface area contributed by atoms with E-state index in [1.807, 2.05) is 0 Å². The van der Waals surface area contributed by atoms with E-state index >= 15 is 0 Å². The maximum Gasteiger partial charge on any atom is 0.234 e. The lowest BCUT2D eigenvalue weighted by atomic mass is 9.99. The zero-order chi connectivity index (χ0) is 11.4. The van der Waals surface area contributed by atoms with Gasteiger partial charge in [0.2, 0.25) is 5.91 Å². The summed E-state index contributed by atoms with van der Waals surface area (Å²) in [6, 6.07) is 0. The Morgan fingerprint density at radius 1 is 1.25 bits per heavy atom. The van der Waals surface area contributed by atoms with Gasteiger partial charge in [-0.25, -0.2) is 0 Å². The van der Waals surface area contributed by atoms with Gasteiger partial charge >= 0.3 is 0 Å². The lowest BCUT2D eigenvalue weighted by molar-refractivity contribution is -0.122. The molecule has 0 bridgehead atoms. The van der Waals surface area contributed by atoms with Gasteiger partial charge in [-0.1, -0.05) is 0 Å². The molecule has 1 N–H and O–H groups in total. The van der Waals surface area contributed by atoms with Crippen LogP contribution in [0.1, 0.15) is 25.7 Å². The number of rotatable bonds is 5. The summed E-state index contributed by atoms with van der Waals surface area (Å²) in [7, 11) is 0. The average molecular weight is 224 g/mol. The second-order valence-corrected chi connectivity index (χ2v) is 5.00. The molecule has 0 unspecified atom stereocenters. The number of likely N-dealkylation sites (tertiary alicyclic amines) is 1. The average Bonchev–Trinajstić information content (AvgIpc) is 3.11. The minimum Gasteiger partial charge on any atom is -0.355 e. The summed E-state index contributed by atoms with van der Waals surface area (Å²) in [6.07, 6.45) is 5.39. The van der Waals surface area contributed by atoms with Crippen molar-refractivity contribution < 1.29 is 9.59 Å². The molecule has 16 heavy (non-hydrogen) atoms. The van der Waals surface area contributed by atoms with E-state index in [0.717, 1.165) is 44.7 Å². The van der Waals surface area contributed by atoms with Gasteiger partial charge < -0.3 is 10.1 Å². The van der Waals surface area contributed by atoms with E-state index in [9.17, 15) is 9.59 Å². The van der Waals surface area contributed by atoms with E-state index < -0.39 is 0 Å². The molecule has 4 heteroatoms. The molecular weight excluding hydrogens is 204 g/mol. The number of hydrogen-bond donors (Lipinski definition) is 1. The summed E-state index contributed by atoms with van der Waals surface area (Å²) in [5.41, 5.74) is 0. The molecule has 0 aromatic heterocycles. The fraction of sp³-hybridized carbons (Fsp3) is 0.833. The van der Waals surface area contributed by atoms with Gasteiger partial charge in [-0.05, 0) is 44.7 Å². The Morgan fingerprint density at radius 2 is 1.94 bits per heavy atom. The first-order valence-corrected chi connectivity index (χ1v) is 6.22. The first-order chi connectivity index (χ1) is 7.78. The molecule has 0 aromatic carbocycles. The molecule has 0 radical (unpaired) electrons. The zero-order valence-electron chi connectivity index (χ0n) is 9.65. The SMILES string of the molecule is O=CC1CCN(CC(=O)NCC2CC2)CC1. The molecular formula is C12H20N2O2. The lowest BCUT2D eigenvalue weighted by Crippen LogP contribution is -2.42. The predicted molar refractivity (Wildman–Crippen MR) is 61.0 cm³/mol. The minimum atomic E-state index is 0.136. The first-order valence-electron chi connectivity index (χ1n) is 6.22. The molecule has 1 aliphatic heterocycles. The molecule has 0 atom stereocenters. The largest absolute Gasteiger partial charge is 0.355 e. The minimum absolute atomic E-state index is 0.136. The number of carbonyl (C=O) groups excluding carboxylic acids is 2.